The summed E-state index contributed by atoms with van der Waals surface area (Å²) in [5, 5.41) is 3.26. The summed E-state index contributed by atoms with van der Waals surface area (Å²) in [6, 6.07) is 6.39. The van der Waals surface area contributed by atoms with Gasteiger partial charge in [-0.1, -0.05) is 18.5 Å². The molecule has 0 atom stereocenters. The Labute approximate surface area is 146 Å². The van der Waals surface area contributed by atoms with Crippen LogP contribution in [0.5, 0.6) is 0 Å². The van der Waals surface area contributed by atoms with Crippen LogP contribution in [0.25, 0.3) is 0 Å². The van der Waals surface area contributed by atoms with Gasteiger partial charge >= 0.3 is 0 Å². The highest BCUT2D eigenvalue weighted by atomic mass is 35.5. The van der Waals surface area contributed by atoms with Gasteiger partial charge in [-0.15, -0.1) is 0 Å². The third kappa shape index (κ3) is 3.94. The van der Waals surface area contributed by atoms with E-state index in [-0.39, 0.29) is 5.02 Å². The Hall–Kier alpha value is -1.92. The normalized spacial score (nSPS) is 15.6. The fraction of sp³-hybridized carbons (Fsp3) is 0.412. The van der Waals surface area contributed by atoms with Gasteiger partial charge in [-0.05, 0) is 31.7 Å². The minimum absolute atomic E-state index is 0.0849. The van der Waals surface area contributed by atoms with Crippen molar-refractivity contribution in [3.05, 3.63) is 40.8 Å². The molecule has 0 spiro atoms. The molecule has 2 aromatic rings. The van der Waals surface area contributed by atoms with Crippen molar-refractivity contribution in [2.75, 3.05) is 42.9 Å². The Morgan fingerprint density at radius 3 is 2.58 bits per heavy atom. The lowest BCUT2D eigenvalue weighted by molar-refractivity contribution is 0.270. The van der Waals surface area contributed by atoms with Crippen molar-refractivity contribution in [2.24, 2.45) is 0 Å². The molecule has 0 saturated carbocycles. The molecule has 2 heterocycles. The predicted molar refractivity (Wildman–Crippen MR) is 95.8 cm³/mol. The lowest BCUT2D eigenvalue weighted by Crippen LogP contribution is -2.46. The van der Waals surface area contributed by atoms with E-state index < -0.39 is 5.82 Å². The number of hydrogen-bond acceptors (Lipinski definition) is 5. The molecule has 1 aromatic carbocycles. The van der Waals surface area contributed by atoms with Gasteiger partial charge in [0.15, 0.2) is 0 Å². The topological polar surface area (TPSA) is 44.3 Å². The van der Waals surface area contributed by atoms with Crippen molar-refractivity contribution >= 4 is 29.1 Å². The van der Waals surface area contributed by atoms with Crippen molar-refractivity contribution in [2.45, 2.75) is 13.8 Å². The van der Waals surface area contributed by atoms with Crippen LogP contribution in [0.3, 0.4) is 0 Å². The highest BCUT2D eigenvalue weighted by Gasteiger charge is 2.18. The molecule has 1 fully saturated rings. The first-order valence-electron chi connectivity index (χ1n) is 8.10. The van der Waals surface area contributed by atoms with E-state index in [9.17, 15) is 4.39 Å². The molecule has 128 valence electrons. The lowest BCUT2D eigenvalue weighted by atomic mass is 10.3. The number of piperazine rings is 1. The van der Waals surface area contributed by atoms with E-state index >= 15 is 0 Å². The third-order valence-corrected chi connectivity index (χ3v) is 4.43. The van der Waals surface area contributed by atoms with Crippen LogP contribution in [-0.2, 0) is 0 Å². The number of nitrogens with zero attached hydrogens (tertiary/aromatic N) is 4. The molecule has 5 nitrogen and oxygen atoms in total. The maximum absolute atomic E-state index is 13.3. The van der Waals surface area contributed by atoms with Gasteiger partial charge in [0.05, 0.1) is 5.02 Å². The van der Waals surface area contributed by atoms with Crippen molar-refractivity contribution in [1.82, 2.24) is 14.9 Å². The number of benzene rings is 1. The zero-order valence-electron chi connectivity index (χ0n) is 13.9. The summed E-state index contributed by atoms with van der Waals surface area (Å²) < 4.78 is 13.3. The van der Waals surface area contributed by atoms with Gasteiger partial charge in [0.2, 0.25) is 5.95 Å². The first-order valence-corrected chi connectivity index (χ1v) is 8.48. The molecular weight excluding hydrogens is 329 g/mol. The Kier molecular flexibility index (Phi) is 5.16. The van der Waals surface area contributed by atoms with Gasteiger partial charge in [-0.2, -0.15) is 4.98 Å². The Bertz CT molecular complexity index is 716. The third-order valence-electron chi connectivity index (χ3n) is 4.14. The summed E-state index contributed by atoms with van der Waals surface area (Å²) >= 11 is 5.83. The molecule has 3 rings (SSSR count). The first-order chi connectivity index (χ1) is 11.5. The number of aryl methyl sites for hydroxylation is 1. The minimum Gasteiger partial charge on any atom is -0.340 e. The molecule has 1 saturated heterocycles. The average molecular weight is 350 g/mol. The van der Waals surface area contributed by atoms with Gasteiger partial charge in [-0.3, -0.25) is 0 Å². The standard InChI is InChI=1S/C17H21ClFN5/c1-3-23-6-8-24(9-7-23)17-20-12(2)10-16(22-17)21-13-4-5-15(19)14(18)11-13/h4-5,10-11H,3,6-9H2,1-2H3,(H,20,21,22). The Balaban J connectivity index is 1.77. The first kappa shape index (κ1) is 16.9. The number of nitrogens with one attached hydrogen (secondary N) is 1. The molecule has 24 heavy (non-hydrogen) atoms. The number of anilines is 3. The van der Waals surface area contributed by atoms with Crippen molar-refractivity contribution in [1.29, 1.82) is 0 Å². The van der Waals surface area contributed by atoms with Crippen LogP contribution in [0.1, 0.15) is 12.6 Å². The average Bonchev–Trinajstić information content (AvgIpc) is 2.58. The SMILES string of the molecule is CCN1CCN(c2nc(C)cc(Nc3ccc(F)c(Cl)c3)n2)CC1. The molecule has 1 aromatic heterocycles. The molecule has 0 bridgehead atoms. The Morgan fingerprint density at radius 2 is 1.92 bits per heavy atom. The highest BCUT2D eigenvalue weighted by molar-refractivity contribution is 6.31. The molecule has 1 aliphatic heterocycles. The number of rotatable bonds is 4. The second kappa shape index (κ2) is 7.32. The van der Waals surface area contributed by atoms with Crippen LogP contribution in [0.4, 0.5) is 21.8 Å². The monoisotopic (exact) mass is 349 g/mol. The molecule has 0 unspecified atom stereocenters. The van der Waals surface area contributed by atoms with Gasteiger partial charge in [0, 0.05) is 43.6 Å². The van der Waals surface area contributed by atoms with Crippen LogP contribution < -0.4 is 10.2 Å². The van der Waals surface area contributed by atoms with E-state index in [2.05, 4.69) is 32.0 Å². The summed E-state index contributed by atoms with van der Waals surface area (Å²) in [6.07, 6.45) is 0. The maximum atomic E-state index is 13.3. The molecule has 1 aliphatic rings. The predicted octanol–water partition coefficient (Wildman–Crippen LogP) is 3.46. The summed E-state index contributed by atoms with van der Waals surface area (Å²) in [4.78, 5) is 13.8. The fourth-order valence-electron chi connectivity index (χ4n) is 2.74. The van der Waals surface area contributed by atoms with Crippen LogP contribution in [0.2, 0.25) is 5.02 Å². The van der Waals surface area contributed by atoms with Gasteiger partial charge in [0.25, 0.3) is 0 Å². The number of halogens is 2. The van der Waals surface area contributed by atoms with Gasteiger partial charge in [-0.25, -0.2) is 9.37 Å². The van der Waals surface area contributed by atoms with E-state index in [0.717, 1.165) is 44.4 Å². The van der Waals surface area contributed by atoms with Crippen molar-refractivity contribution < 1.29 is 4.39 Å². The van der Waals surface area contributed by atoms with E-state index in [0.29, 0.717) is 11.5 Å². The Morgan fingerprint density at radius 1 is 1.17 bits per heavy atom. The van der Waals surface area contributed by atoms with Crippen LogP contribution in [0.15, 0.2) is 24.3 Å². The van der Waals surface area contributed by atoms with E-state index in [1.807, 2.05) is 13.0 Å². The van der Waals surface area contributed by atoms with Gasteiger partial charge in [0.1, 0.15) is 11.6 Å². The summed E-state index contributed by atoms with van der Waals surface area (Å²) in [6.45, 7) is 9.05. The molecule has 1 N–H and O–H groups in total. The molecule has 0 amide bonds. The van der Waals surface area contributed by atoms with Crippen molar-refractivity contribution in [3.8, 4) is 0 Å². The van der Waals surface area contributed by atoms with Crippen molar-refractivity contribution in [3.63, 3.8) is 0 Å². The highest BCUT2D eigenvalue weighted by Crippen LogP contribution is 2.23. The second-order valence-electron chi connectivity index (χ2n) is 5.87. The second-order valence-corrected chi connectivity index (χ2v) is 6.28. The van der Waals surface area contributed by atoms with Crippen LogP contribution in [-0.4, -0.2) is 47.6 Å². The fourth-order valence-corrected chi connectivity index (χ4v) is 2.92. The summed E-state index contributed by atoms with van der Waals surface area (Å²) in [7, 11) is 0. The molecule has 0 aliphatic carbocycles. The molecule has 7 heteroatoms. The largest absolute Gasteiger partial charge is 0.340 e. The van der Waals surface area contributed by atoms with E-state index in [1.165, 1.54) is 6.07 Å². The minimum atomic E-state index is -0.435. The number of hydrogen-bond donors (Lipinski definition) is 1. The van der Waals surface area contributed by atoms with E-state index in [4.69, 9.17) is 11.6 Å². The van der Waals surface area contributed by atoms with Gasteiger partial charge < -0.3 is 15.1 Å². The van der Waals surface area contributed by atoms with Crippen LogP contribution >= 0.6 is 11.6 Å². The van der Waals surface area contributed by atoms with Crippen LogP contribution in [0, 0.1) is 12.7 Å². The smallest absolute Gasteiger partial charge is 0.227 e. The maximum Gasteiger partial charge on any atom is 0.227 e. The number of aromatic nitrogens is 2. The zero-order valence-corrected chi connectivity index (χ0v) is 14.6. The van der Waals surface area contributed by atoms with E-state index in [1.54, 1.807) is 12.1 Å². The zero-order chi connectivity index (χ0) is 17.1. The molecular formula is C17H21ClFN5. The summed E-state index contributed by atoms with van der Waals surface area (Å²) in [5.74, 6) is 0.968. The quantitative estimate of drug-likeness (QED) is 0.915. The number of likely N-dealkylation sites (N-methyl/N-ethyl adjacent to an activating group) is 1. The summed E-state index contributed by atoms with van der Waals surface area (Å²) in [5.41, 5.74) is 1.58. The molecule has 0 radical (unpaired) electrons. The lowest BCUT2D eigenvalue weighted by Gasteiger charge is -2.34.